The quantitative estimate of drug-likeness (QED) is 0.0383. The summed E-state index contributed by atoms with van der Waals surface area (Å²) < 4.78 is 30.0. The van der Waals surface area contributed by atoms with Crippen molar-refractivity contribution in [1.29, 1.82) is 5.53 Å². The van der Waals surface area contributed by atoms with Gasteiger partial charge in [0.15, 0.2) is 28.9 Å². The number of aromatic nitrogens is 4. The molecule has 0 bridgehead atoms. The van der Waals surface area contributed by atoms with Gasteiger partial charge in [0.2, 0.25) is 0 Å². The Balaban J connectivity index is 1.59. The number of methoxy groups -OCH3 is 1. The molecule has 9 N–H and O–H groups in total. The summed E-state index contributed by atoms with van der Waals surface area (Å²) in [7, 11) is -3.92. The molecule has 19 heteroatoms. The van der Waals surface area contributed by atoms with Gasteiger partial charge < -0.3 is 50.5 Å². The van der Waals surface area contributed by atoms with E-state index >= 15 is 0 Å². The van der Waals surface area contributed by atoms with E-state index in [4.69, 9.17) is 25.6 Å². The lowest BCUT2D eigenvalue weighted by Crippen LogP contribution is -2.43. The van der Waals surface area contributed by atoms with E-state index in [0.29, 0.717) is 11.2 Å². The standard InChI is InChI=1S/C20H32N9O9P/c1-36-9-20(39(33,34)35,5-13(27-21)28-22)37-8-12-15(31)16(32)19(38-12)29-18-11(6-23-29)17(24-10-3-2-4-10)25-14(7-30)26-18/h6,10,12,15-16,19,21,30-32H,2-5,7-9,22H2,1H3,(H,24,25,26)(H2,33,34,35)/b27-21?,28-13-/t12-,15-,16-,19-,20?/m1/s1. The Morgan fingerprint density at radius 1 is 1.36 bits per heavy atom. The molecular weight excluding hydrogens is 541 g/mol. The van der Waals surface area contributed by atoms with Crippen LogP contribution in [0.15, 0.2) is 16.4 Å². The van der Waals surface area contributed by atoms with Crippen molar-refractivity contribution < 1.29 is 43.9 Å². The molecular formula is C20H32N9O9P. The van der Waals surface area contributed by atoms with E-state index in [1.54, 1.807) is 0 Å². The SMILES string of the molecule is COCC(C/C(N=N)=N/N)(OC[C@H]1O[C@@H](n2ncc3c(NC4CCC4)nc(CO)nc32)[C@H](O)[C@@H]1O)P(=O)(O)O. The second kappa shape index (κ2) is 11.8. The molecule has 18 nitrogen and oxygen atoms in total. The molecule has 5 atom stereocenters. The molecule has 0 aromatic carbocycles. The van der Waals surface area contributed by atoms with Gasteiger partial charge in [-0.1, -0.05) is 0 Å². The number of hydrazone groups is 1. The Morgan fingerprint density at radius 3 is 2.67 bits per heavy atom. The summed E-state index contributed by atoms with van der Waals surface area (Å²) in [6, 6.07) is 0.226. The second-order valence-corrected chi connectivity index (χ2v) is 11.3. The molecule has 0 spiro atoms. The maximum atomic E-state index is 12.4. The highest BCUT2D eigenvalue weighted by Gasteiger charge is 2.52. The van der Waals surface area contributed by atoms with Gasteiger partial charge >= 0.3 is 7.60 Å². The fourth-order valence-electron chi connectivity index (χ4n) is 4.39. The minimum Gasteiger partial charge on any atom is -0.388 e. The predicted octanol–water partition coefficient (Wildman–Crippen LogP) is -0.868. The third-order valence-electron chi connectivity index (χ3n) is 6.80. The Labute approximate surface area is 221 Å². The number of anilines is 1. The molecule has 0 amide bonds. The van der Waals surface area contributed by atoms with E-state index < -0.39 is 69.6 Å². The molecule has 216 valence electrons. The van der Waals surface area contributed by atoms with E-state index in [-0.39, 0.29) is 17.5 Å². The number of amidine groups is 1. The van der Waals surface area contributed by atoms with Crippen molar-refractivity contribution in [3.63, 3.8) is 0 Å². The molecule has 39 heavy (non-hydrogen) atoms. The third-order valence-corrected chi connectivity index (χ3v) is 8.27. The molecule has 1 aliphatic carbocycles. The molecule has 1 saturated heterocycles. The van der Waals surface area contributed by atoms with E-state index in [0.717, 1.165) is 19.3 Å². The maximum Gasteiger partial charge on any atom is 0.359 e. The van der Waals surface area contributed by atoms with Gasteiger partial charge in [0.1, 0.15) is 30.7 Å². The Morgan fingerprint density at radius 2 is 2.10 bits per heavy atom. The highest BCUT2D eigenvalue weighted by atomic mass is 31.2. The van der Waals surface area contributed by atoms with Crippen LogP contribution < -0.4 is 11.2 Å². The lowest BCUT2D eigenvalue weighted by molar-refractivity contribution is -0.111. The minimum absolute atomic E-state index is 0.113. The van der Waals surface area contributed by atoms with Crippen LogP contribution in [0, 0.1) is 5.53 Å². The van der Waals surface area contributed by atoms with Gasteiger partial charge in [-0.05, 0) is 19.3 Å². The molecule has 2 fully saturated rings. The average Bonchev–Trinajstić information content (AvgIpc) is 3.42. The third kappa shape index (κ3) is 5.79. The molecule has 1 saturated carbocycles. The van der Waals surface area contributed by atoms with Crippen molar-refractivity contribution in [2.45, 2.75) is 68.2 Å². The van der Waals surface area contributed by atoms with Gasteiger partial charge in [-0.15, -0.1) is 5.11 Å². The Hall–Kier alpha value is -2.67. The monoisotopic (exact) mass is 573 g/mol. The van der Waals surface area contributed by atoms with Crippen molar-refractivity contribution >= 4 is 30.3 Å². The van der Waals surface area contributed by atoms with E-state index in [2.05, 4.69) is 30.6 Å². The maximum absolute atomic E-state index is 12.4. The van der Waals surface area contributed by atoms with Crippen LogP contribution >= 0.6 is 7.60 Å². The fourth-order valence-corrected chi connectivity index (χ4v) is 5.28. The number of aliphatic hydroxyl groups is 3. The number of hydrogen-bond donors (Lipinski definition) is 8. The van der Waals surface area contributed by atoms with Crippen molar-refractivity contribution in [3.8, 4) is 0 Å². The summed E-state index contributed by atoms with van der Waals surface area (Å²) in [6.07, 6.45) is -1.80. The van der Waals surface area contributed by atoms with Crippen LogP contribution in [0.3, 0.4) is 0 Å². The van der Waals surface area contributed by atoms with Crippen LogP contribution in [0.4, 0.5) is 5.82 Å². The van der Waals surface area contributed by atoms with Gasteiger partial charge in [0, 0.05) is 13.2 Å². The van der Waals surface area contributed by atoms with E-state index in [1.165, 1.54) is 18.0 Å². The van der Waals surface area contributed by atoms with Gasteiger partial charge in [-0.25, -0.2) is 20.2 Å². The summed E-state index contributed by atoms with van der Waals surface area (Å²) in [5.74, 6) is 5.32. The van der Waals surface area contributed by atoms with Crippen LogP contribution in [-0.2, 0) is 25.4 Å². The van der Waals surface area contributed by atoms with Gasteiger partial charge in [-0.3, -0.25) is 4.57 Å². The number of aliphatic hydroxyl groups excluding tert-OH is 3. The zero-order chi connectivity index (χ0) is 28.4. The normalized spacial score (nSPS) is 25.9. The van der Waals surface area contributed by atoms with Gasteiger partial charge in [0.25, 0.3) is 0 Å². The number of ether oxygens (including phenoxy) is 3. The van der Waals surface area contributed by atoms with Crippen LogP contribution in [0.2, 0.25) is 0 Å². The molecule has 2 aliphatic rings. The number of hydrogen-bond acceptors (Lipinski definition) is 14. The molecule has 2 aromatic rings. The number of nitrogens with zero attached hydrogens (tertiary/aromatic N) is 6. The Kier molecular flexibility index (Phi) is 8.89. The fraction of sp³-hybridized carbons (Fsp3) is 0.700. The minimum atomic E-state index is -5.11. The smallest absolute Gasteiger partial charge is 0.359 e. The Bertz CT molecular complexity index is 1250. The zero-order valence-electron chi connectivity index (χ0n) is 21.0. The largest absolute Gasteiger partial charge is 0.388 e. The summed E-state index contributed by atoms with van der Waals surface area (Å²) in [4.78, 5) is 28.8. The van der Waals surface area contributed by atoms with Crippen LogP contribution in [-0.4, -0.2) is 101 Å². The van der Waals surface area contributed by atoms with E-state index in [9.17, 15) is 29.7 Å². The first-order chi connectivity index (χ1) is 18.6. The second-order valence-electron chi connectivity index (χ2n) is 9.36. The first-order valence-electron chi connectivity index (χ1n) is 12.0. The van der Waals surface area contributed by atoms with E-state index in [1.807, 2.05) is 0 Å². The first kappa shape index (κ1) is 29.3. The van der Waals surface area contributed by atoms with Crippen LogP contribution in [0.1, 0.15) is 37.7 Å². The molecule has 2 aromatic heterocycles. The summed E-state index contributed by atoms with van der Waals surface area (Å²) in [5, 5.41) is 43.2. The topological polar surface area (TPSA) is 276 Å². The predicted molar refractivity (Wildman–Crippen MR) is 132 cm³/mol. The summed E-state index contributed by atoms with van der Waals surface area (Å²) in [6.45, 7) is -1.69. The molecule has 1 unspecified atom stereocenters. The number of fused-ring (bicyclic) bond motifs is 1. The molecule has 3 heterocycles. The first-order valence-corrected chi connectivity index (χ1v) is 13.6. The summed E-state index contributed by atoms with van der Waals surface area (Å²) in [5.41, 5.74) is 7.36. The highest BCUT2D eigenvalue weighted by Crippen LogP contribution is 2.54. The van der Waals surface area contributed by atoms with Crippen molar-refractivity contribution in [1.82, 2.24) is 19.7 Å². The van der Waals surface area contributed by atoms with Crippen LogP contribution in [0.25, 0.3) is 11.0 Å². The van der Waals surface area contributed by atoms with Crippen LogP contribution in [0.5, 0.6) is 0 Å². The zero-order valence-corrected chi connectivity index (χ0v) is 21.9. The summed E-state index contributed by atoms with van der Waals surface area (Å²) >= 11 is 0. The van der Waals surface area contributed by atoms with Gasteiger partial charge in [0.05, 0.1) is 31.2 Å². The number of nitrogens with one attached hydrogen (secondary N) is 2. The lowest BCUT2D eigenvalue weighted by Gasteiger charge is -2.34. The number of rotatable bonds is 12. The molecule has 1 aliphatic heterocycles. The van der Waals surface area contributed by atoms with Crippen molar-refractivity contribution in [3.05, 3.63) is 12.0 Å². The van der Waals surface area contributed by atoms with Gasteiger partial charge in [-0.2, -0.15) is 10.2 Å². The van der Waals surface area contributed by atoms with Crippen molar-refractivity contribution in [2.75, 3.05) is 25.6 Å². The molecule has 4 rings (SSSR count). The molecule has 0 radical (unpaired) electrons. The number of nitrogens with two attached hydrogens (primary N) is 1. The lowest BCUT2D eigenvalue weighted by atomic mass is 9.93. The van der Waals surface area contributed by atoms with Crippen molar-refractivity contribution in [2.24, 2.45) is 16.1 Å². The average molecular weight is 574 g/mol. The highest BCUT2D eigenvalue weighted by molar-refractivity contribution is 7.53.